The lowest BCUT2D eigenvalue weighted by Gasteiger charge is -2.11. The first-order chi connectivity index (χ1) is 9.72. The number of carbonyl (C=O) groups excluding carboxylic acids is 1. The highest BCUT2D eigenvalue weighted by molar-refractivity contribution is 5.99. The van der Waals surface area contributed by atoms with Gasteiger partial charge in [0.15, 0.2) is 11.4 Å². The molecule has 0 aliphatic heterocycles. The minimum Gasteiger partial charge on any atom is -0.492 e. The number of nitrogens with two attached hydrogens (primary N) is 1. The molecule has 0 spiro atoms. The Morgan fingerprint density at radius 1 is 1.35 bits per heavy atom. The quantitative estimate of drug-likeness (QED) is 0.775. The molecule has 6 heteroatoms. The van der Waals surface area contributed by atoms with Crippen molar-refractivity contribution in [3.05, 3.63) is 48.3 Å². The third-order valence-electron chi connectivity index (χ3n) is 3.00. The molecule has 0 saturated heterocycles. The molecular weight excluding hydrogens is 256 g/mol. The van der Waals surface area contributed by atoms with Crippen LogP contribution < -0.4 is 10.5 Å². The summed E-state index contributed by atoms with van der Waals surface area (Å²) in [4.78, 5) is 15.6. The fourth-order valence-electron chi connectivity index (χ4n) is 2.11. The number of aromatic nitrogens is 3. The number of methoxy groups -OCH3 is 1. The Hall–Kier alpha value is -2.89. The summed E-state index contributed by atoms with van der Waals surface area (Å²) in [6, 6.07) is 11.2. The summed E-state index contributed by atoms with van der Waals surface area (Å²) in [6.45, 7) is 0. The second-order valence-electron chi connectivity index (χ2n) is 4.15. The number of amides is 1. The van der Waals surface area contributed by atoms with Crippen molar-refractivity contribution in [1.29, 1.82) is 0 Å². The summed E-state index contributed by atoms with van der Waals surface area (Å²) in [5, 5.41) is 4.05. The fourth-order valence-corrected chi connectivity index (χ4v) is 2.11. The number of primary amides is 1. The van der Waals surface area contributed by atoms with Gasteiger partial charge in [0.2, 0.25) is 6.33 Å². The van der Waals surface area contributed by atoms with Crippen molar-refractivity contribution < 1.29 is 9.53 Å². The number of benzene rings is 1. The van der Waals surface area contributed by atoms with E-state index in [2.05, 4.69) is 16.4 Å². The molecule has 20 heavy (non-hydrogen) atoms. The van der Waals surface area contributed by atoms with E-state index in [4.69, 9.17) is 10.5 Å². The maximum absolute atomic E-state index is 11.6. The van der Waals surface area contributed by atoms with Crippen molar-refractivity contribution in [1.82, 2.24) is 14.6 Å². The molecule has 0 bridgehead atoms. The number of ether oxygens (including phenoxy) is 1. The van der Waals surface area contributed by atoms with E-state index < -0.39 is 5.91 Å². The van der Waals surface area contributed by atoms with Crippen molar-refractivity contribution >= 4 is 11.6 Å². The molecule has 1 amide bonds. The van der Waals surface area contributed by atoms with E-state index in [0.717, 1.165) is 5.56 Å². The van der Waals surface area contributed by atoms with Crippen LogP contribution >= 0.6 is 0 Å². The third-order valence-corrected chi connectivity index (χ3v) is 3.00. The topological polar surface area (TPSA) is 82.5 Å². The monoisotopic (exact) mass is 267 g/mol. The Morgan fingerprint density at radius 3 is 2.75 bits per heavy atom. The van der Waals surface area contributed by atoms with E-state index in [1.54, 1.807) is 10.6 Å². The highest BCUT2D eigenvalue weighted by atomic mass is 16.5. The molecule has 2 heterocycles. The molecule has 1 radical (unpaired) electrons. The van der Waals surface area contributed by atoms with Gasteiger partial charge in [0, 0.05) is 5.56 Å². The third kappa shape index (κ3) is 1.78. The standard InChI is InChI=1S/C14H11N4O2/c1-20-12-10(13(15)19)7-11(9-5-3-2-4-6-9)18-14(12)16-8-17-18/h2-7H,1H3,(H2,15,19). The highest BCUT2D eigenvalue weighted by Crippen LogP contribution is 2.29. The van der Waals surface area contributed by atoms with Crippen LogP contribution in [0, 0.1) is 6.33 Å². The number of hydrogen-bond acceptors (Lipinski definition) is 4. The van der Waals surface area contributed by atoms with E-state index in [-0.39, 0.29) is 5.56 Å². The van der Waals surface area contributed by atoms with E-state index in [1.807, 2.05) is 30.3 Å². The molecule has 3 rings (SSSR count). The van der Waals surface area contributed by atoms with Gasteiger partial charge >= 0.3 is 0 Å². The lowest BCUT2D eigenvalue weighted by atomic mass is 10.1. The van der Waals surface area contributed by atoms with Crippen LogP contribution in [0.5, 0.6) is 5.75 Å². The molecule has 2 aromatic heterocycles. The van der Waals surface area contributed by atoms with Crippen LogP contribution in [0.15, 0.2) is 36.4 Å². The molecule has 0 fully saturated rings. The predicted octanol–water partition coefficient (Wildman–Crippen LogP) is 1.30. The van der Waals surface area contributed by atoms with Gasteiger partial charge in [-0.25, -0.2) is 9.50 Å². The van der Waals surface area contributed by atoms with Gasteiger partial charge in [-0.05, 0) is 6.07 Å². The van der Waals surface area contributed by atoms with Crippen LogP contribution in [-0.4, -0.2) is 27.6 Å². The molecule has 0 aliphatic carbocycles. The van der Waals surface area contributed by atoms with Crippen molar-refractivity contribution in [2.45, 2.75) is 0 Å². The summed E-state index contributed by atoms with van der Waals surface area (Å²) in [5.41, 5.74) is 7.67. The Labute approximate surface area is 114 Å². The largest absolute Gasteiger partial charge is 0.492 e. The summed E-state index contributed by atoms with van der Waals surface area (Å²) < 4.78 is 6.79. The van der Waals surface area contributed by atoms with Crippen LogP contribution in [0.1, 0.15) is 10.4 Å². The molecule has 1 aromatic carbocycles. The number of pyridine rings is 1. The zero-order valence-corrected chi connectivity index (χ0v) is 10.7. The molecule has 2 N–H and O–H groups in total. The average Bonchev–Trinajstić information content (AvgIpc) is 2.95. The normalized spacial score (nSPS) is 10.7. The second-order valence-corrected chi connectivity index (χ2v) is 4.15. The highest BCUT2D eigenvalue weighted by Gasteiger charge is 2.19. The lowest BCUT2D eigenvalue weighted by molar-refractivity contribution is 0.0997. The zero-order valence-electron chi connectivity index (χ0n) is 10.7. The van der Waals surface area contributed by atoms with E-state index in [1.165, 1.54) is 7.11 Å². The van der Waals surface area contributed by atoms with Crippen LogP contribution in [0.3, 0.4) is 0 Å². The minimum atomic E-state index is -0.579. The number of fused-ring (bicyclic) bond motifs is 1. The van der Waals surface area contributed by atoms with Gasteiger partial charge in [0.25, 0.3) is 5.91 Å². The fraction of sp³-hybridized carbons (Fsp3) is 0.0714. The van der Waals surface area contributed by atoms with Crippen molar-refractivity contribution in [3.63, 3.8) is 0 Å². The Bertz CT molecular complexity index is 780. The smallest absolute Gasteiger partial charge is 0.252 e. The van der Waals surface area contributed by atoms with Gasteiger partial charge in [0.1, 0.15) is 0 Å². The number of nitrogens with zero attached hydrogens (tertiary/aromatic N) is 3. The Balaban J connectivity index is 2.38. The van der Waals surface area contributed by atoms with Gasteiger partial charge in [0.05, 0.1) is 18.4 Å². The molecule has 99 valence electrons. The summed E-state index contributed by atoms with van der Waals surface area (Å²) in [7, 11) is 1.46. The molecule has 0 saturated carbocycles. The Kier molecular flexibility index (Phi) is 2.83. The summed E-state index contributed by atoms with van der Waals surface area (Å²) >= 11 is 0. The molecule has 0 atom stereocenters. The summed E-state index contributed by atoms with van der Waals surface area (Å²) in [5.74, 6) is -0.282. The SMILES string of the molecule is COc1c(C(N)=O)cc(-c2ccccc2)n2n[c]nc12. The number of hydrogen-bond donors (Lipinski definition) is 1. The van der Waals surface area contributed by atoms with Crippen LogP contribution in [0.4, 0.5) is 0 Å². The van der Waals surface area contributed by atoms with Gasteiger partial charge < -0.3 is 10.5 Å². The van der Waals surface area contributed by atoms with E-state index in [0.29, 0.717) is 17.1 Å². The minimum absolute atomic E-state index is 0.264. The van der Waals surface area contributed by atoms with Gasteiger partial charge in [-0.3, -0.25) is 4.79 Å². The molecule has 0 unspecified atom stereocenters. The first kappa shape index (κ1) is 12.2. The van der Waals surface area contributed by atoms with E-state index in [9.17, 15) is 4.79 Å². The Morgan fingerprint density at radius 2 is 2.10 bits per heavy atom. The van der Waals surface area contributed by atoms with Gasteiger partial charge in [-0.2, -0.15) is 0 Å². The first-order valence-electron chi connectivity index (χ1n) is 5.91. The number of carbonyl (C=O) groups is 1. The zero-order chi connectivity index (χ0) is 14.1. The van der Waals surface area contributed by atoms with Gasteiger partial charge in [-0.1, -0.05) is 30.3 Å². The van der Waals surface area contributed by atoms with Crippen LogP contribution in [0.2, 0.25) is 0 Å². The van der Waals surface area contributed by atoms with Crippen molar-refractivity contribution in [2.75, 3.05) is 7.11 Å². The van der Waals surface area contributed by atoms with Crippen LogP contribution in [-0.2, 0) is 0 Å². The molecule has 0 aliphatic rings. The first-order valence-corrected chi connectivity index (χ1v) is 5.91. The predicted molar refractivity (Wildman–Crippen MR) is 72.3 cm³/mol. The summed E-state index contributed by atoms with van der Waals surface area (Å²) in [6.07, 6.45) is 2.52. The van der Waals surface area contributed by atoms with Gasteiger partial charge in [-0.15, -0.1) is 5.10 Å². The maximum Gasteiger partial charge on any atom is 0.252 e. The van der Waals surface area contributed by atoms with Crippen LogP contribution in [0.25, 0.3) is 16.9 Å². The maximum atomic E-state index is 11.6. The van der Waals surface area contributed by atoms with E-state index >= 15 is 0 Å². The molecule has 6 nitrogen and oxygen atoms in total. The van der Waals surface area contributed by atoms with Crippen molar-refractivity contribution in [2.24, 2.45) is 5.73 Å². The van der Waals surface area contributed by atoms with Crippen molar-refractivity contribution in [3.8, 4) is 17.0 Å². The number of rotatable bonds is 3. The lowest BCUT2D eigenvalue weighted by Crippen LogP contribution is -2.14. The molecule has 3 aromatic rings. The molecular formula is C14H11N4O2. The average molecular weight is 267 g/mol. The second kappa shape index (κ2) is 4.65.